The number of anilines is 1. The van der Waals surface area contributed by atoms with Gasteiger partial charge < -0.3 is 4.42 Å². The number of aryl methyl sites for hydroxylation is 1. The van der Waals surface area contributed by atoms with Crippen LogP contribution in [0.5, 0.6) is 0 Å². The Kier molecular flexibility index (Phi) is 6.56. The minimum Gasteiger partial charge on any atom is -0.443 e. The number of thioether (sulfide) groups is 1. The van der Waals surface area contributed by atoms with Gasteiger partial charge in [-0.15, -0.1) is 11.8 Å². The second-order valence-electron chi connectivity index (χ2n) is 6.05. The molecule has 6 nitrogen and oxygen atoms in total. The third-order valence-electron chi connectivity index (χ3n) is 4.06. The number of aromatic nitrogens is 2. The van der Waals surface area contributed by atoms with Crippen molar-refractivity contribution in [2.45, 2.75) is 23.8 Å². The van der Waals surface area contributed by atoms with E-state index in [1.165, 1.54) is 17.8 Å². The lowest BCUT2D eigenvalue weighted by Gasteiger charge is -2.11. The van der Waals surface area contributed by atoms with Crippen molar-refractivity contribution >= 4 is 50.0 Å². The van der Waals surface area contributed by atoms with Gasteiger partial charge in [0.15, 0.2) is 0 Å². The molecule has 0 bridgehead atoms. The van der Waals surface area contributed by atoms with Crippen molar-refractivity contribution in [2.75, 3.05) is 10.5 Å². The van der Waals surface area contributed by atoms with Crippen LogP contribution in [0.2, 0.25) is 5.02 Å². The van der Waals surface area contributed by atoms with Crippen molar-refractivity contribution in [3.63, 3.8) is 0 Å². The van der Waals surface area contributed by atoms with E-state index in [1.54, 1.807) is 42.6 Å². The molecule has 0 aliphatic rings. The molecule has 2 N–H and O–H groups in total. The molecule has 9 heteroatoms. The van der Waals surface area contributed by atoms with Gasteiger partial charge in [-0.2, -0.15) is 13.5 Å². The summed E-state index contributed by atoms with van der Waals surface area (Å²) < 4.78 is 33.8. The van der Waals surface area contributed by atoms with Gasteiger partial charge in [-0.05, 0) is 36.2 Å². The molecule has 152 valence electrons. The maximum absolute atomic E-state index is 12.8. The van der Waals surface area contributed by atoms with Gasteiger partial charge in [-0.1, -0.05) is 37.2 Å². The number of aromatic amines is 1. The lowest BCUT2D eigenvalue weighted by molar-refractivity contribution is 0.484. The average molecular weight is 450 g/mol. The third kappa shape index (κ3) is 4.95. The molecule has 4 rings (SSSR count). The smallest absolute Gasteiger partial charge is 0.295 e. The van der Waals surface area contributed by atoms with E-state index in [0.29, 0.717) is 16.3 Å². The number of furan rings is 1. The summed E-state index contributed by atoms with van der Waals surface area (Å²) in [6.07, 6.45) is 4.42. The summed E-state index contributed by atoms with van der Waals surface area (Å²) >= 11 is 7.63. The lowest BCUT2D eigenvalue weighted by atomic mass is 10.3. The van der Waals surface area contributed by atoms with Crippen LogP contribution >= 0.6 is 23.4 Å². The summed E-state index contributed by atoms with van der Waals surface area (Å²) in [5.41, 5.74) is 2.03. The van der Waals surface area contributed by atoms with E-state index < -0.39 is 10.0 Å². The fraction of sp³-hybridized carbons (Fsp3) is 0.150. The number of fused-ring (bicyclic) bond motifs is 1. The summed E-state index contributed by atoms with van der Waals surface area (Å²) in [5, 5.41) is 7.74. The van der Waals surface area contributed by atoms with Gasteiger partial charge in [0.25, 0.3) is 10.0 Å². The lowest BCUT2D eigenvalue weighted by Crippen LogP contribution is -2.12. The highest BCUT2D eigenvalue weighted by molar-refractivity contribution is 7.99. The zero-order valence-electron chi connectivity index (χ0n) is 14.6. The number of hydrogen-bond acceptors (Lipinski definition) is 5. The van der Waals surface area contributed by atoms with E-state index in [9.17, 15) is 8.42 Å². The molecule has 0 saturated carbocycles. The van der Waals surface area contributed by atoms with E-state index in [-0.39, 0.29) is 12.5 Å². The molecule has 2 aromatic carbocycles. The first kappa shape index (κ1) is 21.3. The average Bonchev–Trinajstić information content (AvgIpc) is 3.33. The molecule has 0 radical (unpaired) electrons. The molecular formula is C20H20ClN3O3S2. The molecule has 0 atom stereocenters. The number of sulfonamides is 1. The highest BCUT2D eigenvalue weighted by Gasteiger charge is 2.21. The molecule has 2 heterocycles. The van der Waals surface area contributed by atoms with Crippen molar-refractivity contribution in [3.05, 3.63) is 71.5 Å². The fourth-order valence-corrected chi connectivity index (χ4v) is 4.95. The Balaban J connectivity index is 0.00000240. The normalized spacial score (nSPS) is 11.3. The summed E-state index contributed by atoms with van der Waals surface area (Å²) in [4.78, 5) is 0.785. The predicted octanol–water partition coefficient (Wildman–Crippen LogP) is 5.58. The molecule has 0 aliphatic carbocycles. The van der Waals surface area contributed by atoms with Gasteiger partial charge in [-0.25, -0.2) is 0 Å². The Morgan fingerprint density at radius 2 is 2.00 bits per heavy atom. The van der Waals surface area contributed by atoms with Gasteiger partial charge in [-0.3, -0.25) is 9.82 Å². The van der Waals surface area contributed by atoms with Crippen LogP contribution in [0.4, 0.5) is 5.69 Å². The summed E-state index contributed by atoms with van der Waals surface area (Å²) in [6.45, 7) is 0. The number of hydrogen-bond donors (Lipinski definition) is 2. The van der Waals surface area contributed by atoms with Crippen LogP contribution in [0.15, 0.2) is 75.3 Å². The summed E-state index contributed by atoms with van der Waals surface area (Å²) in [7, 11) is -3.89. The number of benzene rings is 2. The van der Waals surface area contributed by atoms with E-state index >= 15 is 0 Å². The van der Waals surface area contributed by atoms with E-state index in [4.69, 9.17) is 16.0 Å². The molecule has 0 amide bonds. The predicted molar refractivity (Wildman–Crippen MR) is 118 cm³/mol. The van der Waals surface area contributed by atoms with Crippen molar-refractivity contribution in [2.24, 2.45) is 0 Å². The number of nitrogens with one attached hydrogen (secondary N) is 2. The van der Waals surface area contributed by atoms with E-state index in [1.807, 2.05) is 12.3 Å². The molecule has 0 aliphatic heterocycles. The Hall–Kier alpha value is -2.42. The first-order valence-electron chi connectivity index (χ1n) is 8.43. The molecule has 29 heavy (non-hydrogen) atoms. The van der Waals surface area contributed by atoms with Gasteiger partial charge in [0.05, 0.1) is 11.9 Å². The van der Waals surface area contributed by atoms with Crippen LogP contribution < -0.4 is 4.72 Å². The Bertz CT molecular complexity index is 1170. The monoisotopic (exact) mass is 449 g/mol. The highest BCUT2D eigenvalue weighted by atomic mass is 35.5. The van der Waals surface area contributed by atoms with Crippen molar-refractivity contribution in [3.8, 4) is 0 Å². The van der Waals surface area contributed by atoms with Gasteiger partial charge in [0.2, 0.25) is 5.09 Å². The molecule has 0 fully saturated rings. The molecular weight excluding hydrogens is 430 g/mol. The van der Waals surface area contributed by atoms with Crippen LogP contribution in [0, 0.1) is 0 Å². The molecule has 0 unspecified atom stereocenters. The second kappa shape index (κ2) is 8.94. The van der Waals surface area contributed by atoms with Crippen molar-refractivity contribution in [1.29, 1.82) is 0 Å². The topological polar surface area (TPSA) is 88.0 Å². The van der Waals surface area contributed by atoms with Crippen LogP contribution in [-0.4, -0.2) is 24.4 Å². The van der Waals surface area contributed by atoms with Crippen molar-refractivity contribution in [1.82, 2.24) is 10.2 Å². The van der Waals surface area contributed by atoms with Crippen LogP contribution in [-0.2, 0) is 16.4 Å². The van der Waals surface area contributed by atoms with Gasteiger partial charge in [0, 0.05) is 33.3 Å². The Morgan fingerprint density at radius 1 is 1.17 bits per heavy atom. The fourth-order valence-electron chi connectivity index (χ4n) is 2.69. The second-order valence-corrected chi connectivity index (χ2v) is 9.24. The van der Waals surface area contributed by atoms with Crippen LogP contribution in [0.25, 0.3) is 11.0 Å². The maximum Gasteiger partial charge on any atom is 0.295 e. The number of halogens is 1. The summed E-state index contributed by atoms with van der Waals surface area (Å²) in [5.74, 6) is 0.764. The quantitative estimate of drug-likeness (QED) is 0.359. The third-order valence-corrected chi connectivity index (χ3v) is 6.59. The van der Waals surface area contributed by atoms with Crippen molar-refractivity contribution < 1.29 is 12.8 Å². The molecule has 0 spiro atoms. The first-order valence-corrected chi connectivity index (χ1v) is 11.3. The van der Waals surface area contributed by atoms with Crippen LogP contribution in [0.3, 0.4) is 0 Å². The highest BCUT2D eigenvalue weighted by Crippen LogP contribution is 2.33. The molecule has 4 aromatic rings. The minimum absolute atomic E-state index is 0. The number of nitrogens with zero attached hydrogens (tertiary/aromatic N) is 1. The number of H-pyrrole nitrogens is 1. The number of rotatable bonds is 7. The van der Waals surface area contributed by atoms with E-state index in [0.717, 1.165) is 28.0 Å². The Labute approximate surface area is 178 Å². The first-order chi connectivity index (χ1) is 13.5. The maximum atomic E-state index is 12.8. The standard InChI is InChI=1S/C19H16ClN3O3S2.CH4/c20-15-5-6-18(27-8-7-13-11-21-22-12-13)16(10-15)23-28(24,25)19-9-14-3-1-2-4-17(14)26-19;/h1-6,9-12,23H,7-8H2,(H,21,22);1H4. The minimum atomic E-state index is -3.89. The molecule has 2 aromatic heterocycles. The van der Waals surface area contributed by atoms with Gasteiger partial charge >= 0.3 is 0 Å². The van der Waals surface area contributed by atoms with Crippen LogP contribution in [0.1, 0.15) is 13.0 Å². The molecule has 0 saturated heterocycles. The number of para-hydroxylation sites is 1. The zero-order valence-corrected chi connectivity index (χ0v) is 16.9. The largest absolute Gasteiger partial charge is 0.443 e. The van der Waals surface area contributed by atoms with E-state index in [2.05, 4.69) is 14.9 Å². The summed E-state index contributed by atoms with van der Waals surface area (Å²) in [6, 6.07) is 13.8. The zero-order chi connectivity index (χ0) is 19.6. The SMILES string of the molecule is C.O=S(=O)(Nc1cc(Cl)ccc1SCCc1cn[nH]c1)c1cc2ccccc2o1. The van der Waals surface area contributed by atoms with Gasteiger partial charge in [0.1, 0.15) is 5.58 Å². The Morgan fingerprint density at radius 3 is 2.76 bits per heavy atom.